The maximum absolute atomic E-state index is 8.67. The molecule has 0 saturated carbocycles. The lowest BCUT2D eigenvalue weighted by atomic mass is 10.5. The van der Waals surface area contributed by atoms with Gasteiger partial charge in [-0.25, -0.2) is 0 Å². The summed E-state index contributed by atoms with van der Waals surface area (Å²) in [6, 6.07) is 0. The van der Waals surface area contributed by atoms with E-state index < -0.39 is 6.09 Å². The average Bonchev–Trinajstić information content (AvgIpc) is 1.58. The van der Waals surface area contributed by atoms with Gasteiger partial charge >= 0.3 is 0 Å². The van der Waals surface area contributed by atoms with Gasteiger partial charge in [0.1, 0.15) is 12.6 Å². The quantitative estimate of drug-likeness (QED) is 0.592. The van der Waals surface area contributed by atoms with Crippen LogP contribution in [0.25, 0.3) is 0 Å². The highest BCUT2D eigenvalue weighted by molar-refractivity contribution is 5.85. The van der Waals surface area contributed by atoms with Crippen LogP contribution in [0.2, 0.25) is 0 Å². The number of primary amides is 1. The van der Waals surface area contributed by atoms with Crippen LogP contribution in [0.1, 0.15) is 0 Å². The van der Waals surface area contributed by atoms with E-state index in [-0.39, 0.29) is 31.4 Å². The molecule has 0 spiro atoms. The van der Waals surface area contributed by atoms with E-state index in [2.05, 4.69) is 26.9 Å². The van der Waals surface area contributed by atoms with Gasteiger partial charge < -0.3 is 25.2 Å². The summed E-state index contributed by atoms with van der Waals surface area (Å²) < 4.78 is 0.844. The molecule has 0 aliphatic rings. The number of likely N-dealkylation sites (N-methyl/N-ethyl adjacent to an activating group) is 1. The fraction of sp³-hybridized carbons (Fsp3) is 0.833. The van der Waals surface area contributed by atoms with Crippen molar-refractivity contribution in [2.45, 2.75) is 0 Å². The normalized spacial score (nSPS) is 8.31. The van der Waals surface area contributed by atoms with E-state index in [0.717, 1.165) is 11.0 Å². The third kappa shape index (κ3) is 79.0. The molecular weight excluding hydrogens is 219 g/mol. The summed E-state index contributed by atoms with van der Waals surface area (Å²) in [5.74, 6) is 0. The number of amides is 1. The molecule has 1 amide bonds. The van der Waals surface area contributed by atoms with Crippen molar-refractivity contribution in [2.75, 3.05) is 34.3 Å². The lowest BCUT2D eigenvalue weighted by molar-refractivity contribution is -0.870. The first-order chi connectivity index (χ1) is 4.79. The number of quaternary nitrogens is 1. The third-order valence-electron chi connectivity index (χ3n) is 0.771. The molecule has 0 aromatic rings. The van der Waals surface area contributed by atoms with Crippen molar-refractivity contribution < 1.29 is 19.5 Å². The van der Waals surface area contributed by atoms with Crippen molar-refractivity contribution in [3.05, 3.63) is 0 Å². The average molecular weight is 237 g/mol. The summed E-state index contributed by atoms with van der Waals surface area (Å²) in [6.07, 6.45) is -1.58. The summed E-state index contributed by atoms with van der Waals surface area (Å²) in [5.41, 5.74) is 3.92. The molecule has 3 N–H and O–H groups in total. The van der Waals surface area contributed by atoms with E-state index in [1.165, 1.54) is 0 Å². The van der Waals surface area contributed by atoms with Gasteiger partial charge in [0.15, 0.2) is 0 Å². The van der Waals surface area contributed by atoms with Crippen molar-refractivity contribution in [2.24, 2.45) is 5.73 Å². The lowest BCUT2D eigenvalue weighted by Gasteiger charge is -2.21. The first kappa shape index (κ1) is 23.0. The first-order valence-electron chi connectivity index (χ1n) is 3.17. The molecule has 0 bridgehead atoms. The van der Waals surface area contributed by atoms with Crippen LogP contribution < -0.4 is 10.8 Å². The first-order valence-corrected chi connectivity index (χ1v) is 3.17. The van der Waals surface area contributed by atoms with Gasteiger partial charge in [-0.05, 0) is 0 Å². The van der Waals surface area contributed by atoms with Crippen LogP contribution >= 0.6 is 24.8 Å². The van der Waals surface area contributed by atoms with Crippen molar-refractivity contribution in [1.82, 2.24) is 0 Å². The van der Waals surface area contributed by atoms with E-state index in [4.69, 9.17) is 15.0 Å². The SMILES string of the molecule is C[N+](C)(C)CCO.Cl.Cl.NC(=O)[O-]. The summed E-state index contributed by atoms with van der Waals surface area (Å²) >= 11 is 0. The Morgan fingerprint density at radius 2 is 1.62 bits per heavy atom. The molecule has 0 aliphatic heterocycles. The van der Waals surface area contributed by atoms with Crippen molar-refractivity contribution in [3.63, 3.8) is 0 Å². The number of hydrogen-bond donors (Lipinski definition) is 2. The van der Waals surface area contributed by atoms with Gasteiger partial charge in [0.2, 0.25) is 0 Å². The molecule has 0 atom stereocenters. The Morgan fingerprint density at radius 1 is 1.38 bits per heavy atom. The predicted octanol–water partition coefficient (Wildman–Crippen LogP) is -1.18. The highest BCUT2D eigenvalue weighted by Crippen LogP contribution is 1.84. The van der Waals surface area contributed by atoms with Gasteiger partial charge in [-0.3, -0.25) is 0 Å². The zero-order chi connectivity index (χ0) is 9.49. The molecular formula is C6H18Cl2N2O3. The number of hydrogen-bond acceptors (Lipinski definition) is 3. The number of aliphatic hydroxyl groups excluding tert-OH is 1. The van der Waals surface area contributed by atoms with E-state index in [1.807, 2.05) is 0 Å². The van der Waals surface area contributed by atoms with Crippen molar-refractivity contribution >= 4 is 30.9 Å². The van der Waals surface area contributed by atoms with Crippen LogP contribution in [0.15, 0.2) is 0 Å². The number of aliphatic hydroxyl groups is 1. The molecule has 7 heteroatoms. The highest BCUT2D eigenvalue weighted by atomic mass is 35.5. The summed E-state index contributed by atoms with van der Waals surface area (Å²) in [4.78, 5) is 8.67. The van der Waals surface area contributed by atoms with E-state index in [9.17, 15) is 0 Å². The Kier molecular flexibility index (Phi) is 20.8. The third-order valence-corrected chi connectivity index (χ3v) is 0.771. The van der Waals surface area contributed by atoms with E-state index in [0.29, 0.717) is 0 Å². The number of halogens is 2. The highest BCUT2D eigenvalue weighted by Gasteiger charge is 2.02. The van der Waals surface area contributed by atoms with Gasteiger partial charge in [0, 0.05) is 0 Å². The Bertz CT molecular complexity index is 113. The fourth-order valence-corrected chi connectivity index (χ4v) is 0.300. The van der Waals surface area contributed by atoms with Crippen LogP contribution in [0, 0.1) is 0 Å². The van der Waals surface area contributed by atoms with E-state index in [1.54, 1.807) is 0 Å². The second-order valence-corrected chi connectivity index (χ2v) is 3.06. The topological polar surface area (TPSA) is 86.4 Å². The molecule has 84 valence electrons. The summed E-state index contributed by atoms with van der Waals surface area (Å²) in [5, 5.41) is 17.1. The minimum Gasteiger partial charge on any atom is -0.530 e. The number of carboxylic acid groups (broad SMARTS) is 1. The molecule has 0 fully saturated rings. The molecule has 0 saturated heterocycles. The van der Waals surface area contributed by atoms with Gasteiger partial charge in [0.25, 0.3) is 0 Å². The Hall–Kier alpha value is -0.230. The second kappa shape index (κ2) is 11.8. The number of nitrogens with zero attached hydrogens (tertiary/aromatic N) is 1. The molecule has 0 unspecified atom stereocenters. The predicted molar refractivity (Wildman–Crippen MR) is 54.1 cm³/mol. The fourth-order valence-electron chi connectivity index (χ4n) is 0.300. The van der Waals surface area contributed by atoms with Crippen molar-refractivity contribution in [1.29, 1.82) is 0 Å². The number of carbonyl (C=O) groups is 1. The molecule has 0 aliphatic carbocycles. The number of nitrogens with two attached hydrogens (primary N) is 1. The largest absolute Gasteiger partial charge is 0.530 e. The standard InChI is InChI=1S/C5H14NO.CH3NO2.2ClH/c1-6(2,3)4-5-7;2-1(3)4;;/h7H,4-5H2,1-3H3;2H2,(H,3,4);2*1H/q+1;;;/p-1. The molecule has 0 rings (SSSR count). The maximum atomic E-state index is 8.67. The number of carbonyl (C=O) groups excluding carboxylic acids is 1. The molecule has 0 heterocycles. The van der Waals surface area contributed by atoms with Crippen LogP contribution in [0.5, 0.6) is 0 Å². The van der Waals surface area contributed by atoms with Crippen molar-refractivity contribution in [3.8, 4) is 0 Å². The zero-order valence-corrected chi connectivity index (χ0v) is 9.65. The zero-order valence-electron chi connectivity index (χ0n) is 8.02. The molecule has 0 radical (unpaired) electrons. The summed E-state index contributed by atoms with van der Waals surface area (Å²) in [6.45, 7) is 1.11. The number of rotatable bonds is 2. The van der Waals surface area contributed by atoms with Crippen LogP contribution in [-0.2, 0) is 0 Å². The lowest BCUT2D eigenvalue weighted by Crippen LogP contribution is -2.36. The molecule has 13 heavy (non-hydrogen) atoms. The minimum atomic E-state index is -1.58. The van der Waals surface area contributed by atoms with Gasteiger partial charge in [0.05, 0.1) is 27.7 Å². The second-order valence-electron chi connectivity index (χ2n) is 3.06. The van der Waals surface area contributed by atoms with Crippen LogP contribution in [0.3, 0.4) is 0 Å². The van der Waals surface area contributed by atoms with E-state index >= 15 is 0 Å². The Balaban J connectivity index is -0.0000000600. The monoisotopic (exact) mass is 236 g/mol. The molecule has 5 nitrogen and oxygen atoms in total. The van der Waals surface area contributed by atoms with Crippen LogP contribution in [-0.4, -0.2) is 50.0 Å². The molecule has 0 aromatic heterocycles. The summed E-state index contributed by atoms with van der Waals surface area (Å²) in [7, 11) is 6.16. The Labute approximate surface area is 90.9 Å². The Morgan fingerprint density at radius 3 is 1.62 bits per heavy atom. The van der Waals surface area contributed by atoms with Gasteiger partial charge in [-0.2, -0.15) is 0 Å². The smallest absolute Gasteiger partial charge is 0.131 e. The molecule has 0 aromatic carbocycles. The van der Waals surface area contributed by atoms with Gasteiger partial charge in [-0.15, -0.1) is 24.8 Å². The maximum Gasteiger partial charge on any atom is 0.131 e. The minimum absolute atomic E-state index is 0. The van der Waals surface area contributed by atoms with Crippen LogP contribution in [0.4, 0.5) is 4.79 Å². The van der Waals surface area contributed by atoms with Gasteiger partial charge in [-0.1, -0.05) is 0 Å².